The average Bonchev–Trinajstić information content (AvgIpc) is 3.59. The lowest BCUT2D eigenvalue weighted by molar-refractivity contribution is 0.0599. The van der Waals surface area contributed by atoms with E-state index in [4.69, 9.17) is 18.3 Å². The fourth-order valence-electron chi connectivity index (χ4n) is 5.10. The van der Waals surface area contributed by atoms with Crippen LogP contribution in [-0.4, -0.2) is 65.1 Å². The molecule has 2 aromatic heterocycles. The van der Waals surface area contributed by atoms with Crippen LogP contribution in [0.2, 0.25) is 0 Å². The van der Waals surface area contributed by atoms with E-state index in [-0.39, 0.29) is 36.5 Å². The summed E-state index contributed by atoms with van der Waals surface area (Å²) in [6.07, 6.45) is 1.64. The molecule has 5 aromatic rings. The number of halogens is 1. The summed E-state index contributed by atoms with van der Waals surface area (Å²) in [5.74, 6) is 1.84. The van der Waals surface area contributed by atoms with E-state index in [1.165, 1.54) is 23.4 Å². The normalized spacial score (nSPS) is 15.0. The highest BCUT2D eigenvalue weighted by Crippen LogP contribution is 2.34. The minimum atomic E-state index is -0.598. The van der Waals surface area contributed by atoms with Crippen molar-refractivity contribution in [1.29, 1.82) is 0 Å². The van der Waals surface area contributed by atoms with Gasteiger partial charge in [-0.1, -0.05) is 53.6 Å². The zero-order valence-electron chi connectivity index (χ0n) is 21.6. The van der Waals surface area contributed by atoms with Crippen LogP contribution in [0, 0.1) is 0 Å². The summed E-state index contributed by atoms with van der Waals surface area (Å²) in [7, 11) is 1.46. The fraction of sp³-hybridized carbons (Fsp3) is 0.310. The molecular weight excluding hydrogens is 522 g/mol. The van der Waals surface area contributed by atoms with Crippen LogP contribution in [0.1, 0.15) is 24.3 Å². The Balaban J connectivity index is 0.00000176. The summed E-state index contributed by atoms with van der Waals surface area (Å²) in [6.45, 7) is 2.70. The standard InChI is InChI=1S/C29H29N3O5.ClH.H2O/c1-34-29-31-30-28(37-29)27-16-24-25(7-4-8-26(24)36-27)35-18-23(33)17-32-13-11-20(12-14-32)22-10-9-19-5-2-3-6-21(19)15-22;;/h2-10,15-16,20,23,33H,11-14,17-18H2,1H3;1H;1H2/t23-;;/m0../s1. The molecule has 39 heavy (non-hydrogen) atoms. The molecule has 3 heterocycles. The van der Waals surface area contributed by atoms with E-state index in [2.05, 4.69) is 57.6 Å². The Morgan fingerprint density at radius 1 is 0.974 bits per heavy atom. The Morgan fingerprint density at radius 2 is 1.77 bits per heavy atom. The number of benzene rings is 3. The van der Waals surface area contributed by atoms with Crippen LogP contribution in [0.25, 0.3) is 33.4 Å². The third kappa shape index (κ3) is 6.17. The molecule has 0 bridgehead atoms. The monoisotopic (exact) mass is 553 g/mol. The zero-order chi connectivity index (χ0) is 25.2. The summed E-state index contributed by atoms with van der Waals surface area (Å²) in [5.41, 5.74) is 2.05. The number of rotatable bonds is 8. The lowest BCUT2D eigenvalue weighted by Crippen LogP contribution is -2.40. The van der Waals surface area contributed by atoms with Gasteiger partial charge in [-0.25, -0.2) is 0 Å². The molecule has 0 aliphatic carbocycles. The van der Waals surface area contributed by atoms with Gasteiger partial charge < -0.3 is 33.8 Å². The molecule has 3 aromatic carbocycles. The highest BCUT2D eigenvalue weighted by molar-refractivity contribution is 5.87. The average molecular weight is 554 g/mol. The van der Waals surface area contributed by atoms with Crippen molar-refractivity contribution in [3.63, 3.8) is 0 Å². The van der Waals surface area contributed by atoms with Gasteiger partial charge in [0, 0.05) is 12.6 Å². The number of piperidine rings is 1. The molecule has 0 radical (unpaired) electrons. The Morgan fingerprint density at radius 3 is 2.54 bits per heavy atom. The minimum Gasteiger partial charge on any atom is -0.490 e. The molecule has 3 N–H and O–H groups in total. The summed E-state index contributed by atoms with van der Waals surface area (Å²) in [5, 5.41) is 21.8. The van der Waals surface area contributed by atoms with Gasteiger partial charge in [0.1, 0.15) is 24.0 Å². The summed E-state index contributed by atoms with van der Waals surface area (Å²) < 4.78 is 22.2. The molecule has 1 saturated heterocycles. The first-order valence-electron chi connectivity index (χ1n) is 12.6. The van der Waals surface area contributed by atoms with Crippen molar-refractivity contribution >= 4 is 34.1 Å². The number of ether oxygens (including phenoxy) is 2. The van der Waals surface area contributed by atoms with Crippen molar-refractivity contribution in [2.24, 2.45) is 0 Å². The Labute approximate surface area is 232 Å². The summed E-state index contributed by atoms with van der Waals surface area (Å²) >= 11 is 0. The molecule has 206 valence electrons. The molecule has 0 amide bonds. The van der Waals surface area contributed by atoms with Gasteiger partial charge in [-0.2, -0.15) is 0 Å². The van der Waals surface area contributed by atoms with Crippen LogP contribution in [0.15, 0.2) is 75.6 Å². The Hall–Kier alpha value is -3.63. The van der Waals surface area contributed by atoms with E-state index in [1.54, 1.807) is 6.07 Å². The molecular formula is C29H32ClN3O6. The van der Waals surface area contributed by atoms with Crippen molar-refractivity contribution in [2.75, 3.05) is 33.4 Å². The molecule has 0 spiro atoms. The number of hydrogen-bond donors (Lipinski definition) is 1. The van der Waals surface area contributed by atoms with Gasteiger partial charge in [0.05, 0.1) is 12.5 Å². The molecule has 9 nitrogen and oxygen atoms in total. The maximum atomic E-state index is 10.7. The number of aliphatic hydroxyl groups excluding tert-OH is 1. The number of fused-ring (bicyclic) bond motifs is 2. The Bertz CT molecular complexity index is 1510. The van der Waals surface area contributed by atoms with Crippen LogP contribution in [0.5, 0.6) is 11.8 Å². The van der Waals surface area contributed by atoms with Gasteiger partial charge in [0.2, 0.25) is 0 Å². The first-order valence-corrected chi connectivity index (χ1v) is 12.6. The highest BCUT2D eigenvalue weighted by atomic mass is 35.5. The van der Waals surface area contributed by atoms with Gasteiger partial charge in [-0.05, 0) is 60.3 Å². The molecule has 0 unspecified atom stereocenters. The second-order valence-electron chi connectivity index (χ2n) is 9.50. The number of nitrogens with zero attached hydrogens (tertiary/aromatic N) is 3. The van der Waals surface area contributed by atoms with Crippen molar-refractivity contribution in [3.05, 3.63) is 72.3 Å². The van der Waals surface area contributed by atoms with Crippen LogP contribution >= 0.6 is 12.4 Å². The number of methoxy groups -OCH3 is 1. The summed E-state index contributed by atoms with van der Waals surface area (Å²) in [6, 6.07) is 22.7. The van der Waals surface area contributed by atoms with Crippen LogP contribution in [-0.2, 0) is 0 Å². The van der Waals surface area contributed by atoms with Crippen LogP contribution in [0.3, 0.4) is 0 Å². The lowest BCUT2D eigenvalue weighted by atomic mass is 9.88. The predicted molar refractivity (Wildman–Crippen MR) is 151 cm³/mol. The quantitative estimate of drug-likeness (QED) is 0.289. The third-order valence-electron chi connectivity index (χ3n) is 7.05. The van der Waals surface area contributed by atoms with Gasteiger partial charge in [-0.15, -0.1) is 17.5 Å². The SMILES string of the molecule is COc1nnc(-c2cc3c(OC[C@@H](O)CN4CCC(c5ccc6ccccc6c5)CC4)cccc3o2)o1.Cl.O. The highest BCUT2D eigenvalue weighted by Gasteiger charge is 2.23. The molecule has 10 heteroatoms. The van der Waals surface area contributed by atoms with E-state index in [0.29, 0.717) is 29.6 Å². The van der Waals surface area contributed by atoms with Gasteiger partial charge >= 0.3 is 6.08 Å². The van der Waals surface area contributed by atoms with Crippen LogP contribution < -0.4 is 9.47 Å². The molecule has 1 fully saturated rings. The largest absolute Gasteiger partial charge is 0.490 e. The molecule has 0 saturated carbocycles. The van der Waals surface area contributed by atoms with Gasteiger partial charge in [-0.3, -0.25) is 0 Å². The van der Waals surface area contributed by atoms with Crippen molar-refractivity contribution in [2.45, 2.75) is 24.9 Å². The van der Waals surface area contributed by atoms with Gasteiger partial charge in [0.15, 0.2) is 5.76 Å². The van der Waals surface area contributed by atoms with Crippen LogP contribution in [0.4, 0.5) is 0 Å². The maximum Gasteiger partial charge on any atom is 0.414 e. The second kappa shape index (κ2) is 12.5. The number of aliphatic hydroxyl groups is 1. The van der Waals surface area contributed by atoms with Crippen molar-refractivity contribution in [1.82, 2.24) is 15.1 Å². The topological polar surface area (TPSA) is 125 Å². The smallest absolute Gasteiger partial charge is 0.414 e. The summed E-state index contributed by atoms with van der Waals surface area (Å²) in [4.78, 5) is 2.32. The predicted octanol–water partition coefficient (Wildman–Crippen LogP) is 4.86. The van der Waals surface area contributed by atoms with E-state index >= 15 is 0 Å². The molecule has 1 aliphatic heterocycles. The minimum absolute atomic E-state index is 0. The molecule has 1 aliphatic rings. The zero-order valence-corrected chi connectivity index (χ0v) is 22.4. The second-order valence-corrected chi connectivity index (χ2v) is 9.50. The number of furan rings is 1. The molecule has 1 atom stereocenters. The van der Waals surface area contributed by atoms with Gasteiger partial charge in [0.25, 0.3) is 5.89 Å². The maximum absolute atomic E-state index is 10.7. The van der Waals surface area contributed by atoms with Crippen molar-refractivity contribution < 1.29 is 28.9 Å². The fourth-order valence-corrected chi connectivity index (χ4v) is 5.10. The number of hydrogen-bond acceptors (Lipinski definition) is 8. The van der Waals surface area contributed by atoms with E-state index in [1.807, 2.05) is 18.2 Å². The lowest BCUT2D eigenvalue weighted by Gasteiger charge is -2.33. The third-order valence-corrected chi connectivity index (χ3v) is 7.05. The first-order chi connectivity index (χ1) is 18.2. The van der Waals surface area contributed by atoms with E-state index in [9.17, 15) is 5.11 Å². The van der Waals surface area contributed by atoms with Crippen molar-refractivity contribution in [3.8, 4) is 23.5 Å². The van der Waals surface area contributed by atoms with E-state index in [0.717, 1.165) is 31.3 Å². The number of aromatic nitrogens is 2. The number of likely N-dealkylation sites (tertiary alicyclic amines) is 1. The van der Waals surface area contributed by atoms with E-state index < -0.39 is 6.10 Å². The Kier molecular flexibility index (Phi) is 9.08. The first kappa shape index (κ1) is 28.4. The molecule has 6 rings (SSSR count). The number of β-amino-alcohol motifs (C(OH)–C–C–N with tert-alkyl or cyclic N) is 1.